The second-order valence-electron chi connectivity index (χ2n) is 4.98. The molecule has 1 saturated carbocycles. The fraction of sp³-hybridized carbons (Fsp3) is 0.769. The van der Waals surface area contributed by atoms with E-state index in [1.54, 1.807) is 0 Å². The third kappa shape index (κ3) is 2.26. The predicted molar refractivity (Wildman–Crippen MR) is 70.3 cm³/mol. The van der Waals surface area contributed by atoms with Gasteiger partial charge in [-0.1, -0.05) is 20.3 Å². The van der Waals surface area contributed by atoms with Crippen LogP contribution in [0.5, 0.6) is 0 Å². The lowest BCUT2D eigenvalue weighted by molar-refractivity contribution is 0.415. The lowest BCUT2D eigenvalue weighted by atomic mass is 10.2. The van der Waals surface area contributed by atoms with E-state index in [-0.39, 0.29) is 5.56 Å². The van der Waals surface area contributed by atoms with Gasteiger partial charge in [0.1, 0.15) is 5.69 Å². The maximum absolute atomic E-state index is 12.1. The van der Waals surface area contributed by atoms with Crippen molar-refractivity contribution in [3.63, 3.8) is 0 Å². The molecule has 1 aliphatic rings. The first kappa shape index (κ1) is 12.3. The molecule has 96 valence electrons. The van der Waals surface area contributed by atoms with Crippen molar-refractivity contribution in [3.05, 3.63) is 16.0 Å². The lowest BCUT2D eigenvalue weighted by Crippen LogP contribution is -2.24. The topological polar surface area (TPSA) is 52.9 Å². The third-order valence-corrected chi connectivity index (χ3v) is 3.43. The molecule has 0 spiro atoms. The van der Waals surface area contributed by atoms with E-state index in [9.17, 15) is 4.79 Å². The fourth-order valence-electron chi connectivity index (χ4n) is 2.40. The Labute approximate surface area is 102 Å². The van der Waals surface area contributed by atoms with Crippen molar-refractivity contribution in [2.24, 2.45) is 0 Å². The summed E-state index contributed by atoms with van der Waals surface area (Å²) in [7, 11) is 0. The first-order chi connectivity index (χ1) is 8.20. The molecule has 0 amide bonds. The number of hydrogen-bond donors (Lipinski definition) is 1. The van der Waals surface area contributed by atoms with Crippen LogP contribution in [0, 0.1) is 0 Å². The second kappa shape index (κ2) is 4.98. The van der Waals surface area contributed by atoms with Gasteiger partial charge in [0, 0.05) is 19.0 Å². The van der Waals surface area contributed by atoms with Crippen LogP contribution in [-0.2, 0) is 13.1 Å². The van der Waals surface area contributed by atoms with E-state index in [4.69, 9.17) is 5.73 Å². The fourth-order valence-corrected chi connectivity index (χ4v) is 2.40. The maximum Gasteiger partial charge on any atom is 0.290 e. The Hall–Kier alpha value is -1.19. The molecule has 0 bridgehead atoms. The molecule has 0 atom stereocenters. The van der Waals surface area contributed by atoms with Gasteiger partial charge >= 0.3 is 0 Å². The molecule has 2 rings (SSSR count). The first-order valence-corrected chi connectivity index (χ1v) is 6.79. The van der Waals surface area contributed by atoms with E-state index >= 15 is 0 Å². The normalized spacial score (nSPS) is 15.4. The van der Waals surface area contributed by atoms with Crippen molar-refractivity contribution >= 4 is 5.69 Å². The Morgan fingerprint density at radius 3 is 2.41 bits per heavy atom. The number of nitrogens with zero attached hydrogens (tertiary/aromatic N) is 2. The molecule has 0 saturated heterocycles. The molecular formula is C13H23N3O. The van der Waals surface area contributed by atoms with E-state index in [0.29, 0.717) is 11.6 Å². The van der Waals surface area contributed by atoms with Crippen molar-refractivity contribution in [2.75, 3.05) is 5.73 Å². The van der Waals surface area contributed by atoms with Crippen LogP contribution in [0.4, 0.5) is 5.69 Å². The molecule has 4 nitrogen and oxygen atoms in total. The Balaban J connectivity index is 2.40. The molecular weight excluding hydrogens is 214 g/mol. The zero-order valence-electron chi connectivity index (χ0n) is 10.9. The number of nitrogens with two attached hydrogens (primary N) is 1. The zero-order valence-corrected chi connectivity index (χ0v) is 10.9. The van der Waals surface area contributed by atoms with Crippen LogP contribution >= 0.6 is 0 Å². The Morgan fingerprint density at radius 1 is 1.18 bits per heavy atom. The molecule has 1 fully saturated rings. The largest absolute Gasteiger partial charge is 0.393 e. The Kier molecular flexibility index (Phi) is 3.60. The minimum Gasteiger partial charge on any atom is -0.393 e. The highest BCUT2D eigenvalue weighted by Crippen LogP contribution is 2.42. The highest BCUT2D eigenvalue weighted by Gasteiger charge is 2.32. The van der Waals surface area contributed by atoms with Crippen molar-refractivity contribution in [3.8, 4) is 0 Å². The van der Waals surface area contributed by atoms with E-state index < -0.39 is 0 Å². The lowest BCUT2D eigenvalue weighted by Gasteiger charge is -2.13. The number of rotatable bonds is 6. The highest BCUT2D eigenvalue weighted by molar-refractivity contribution is 5.45. The molecule has 1 aliphatic carbocycles. The van der Waals surface area contributed by atoms with Crippen LogP contribution < -0.4 is 11.3 Å². The summed E-state index contributed by atoms with van der Waals surface area (Å²) >= 11 is 0. The second-order valence-corrected chi connectivity index (χ2v) is 4.98. The van der Waals surface area contributed by atoms with Gasteiger partial charge in [0.25, 0.3) is 5.56 Å². The summed E-state index contributed by atoms with van der Waals surface area (Å²) in [6.45, 7) is 5.99. The first-order valence-electron chi connectivity index (χ1n) is 6.79. The van der Waals surface area contributed by atoms with Gasteiger partial charge in [-0.25, -0.2) is 4.68 Å². The molecule has 1 heterocycles. The summed E-state index contributed by atoms with van der Waals surface area (Å²) in [5.41, 5.74) is 7.62. The van der Waals surface area contributed by atoms with Gasteiger partial charge in [-0.15, -0.1) is 0 Å². The Bertz CT molecular complexity index is 440. The smallest absolute Gasteiger partial charge is 0.290 e. The van der Waals surface area contributed by atoms with Crippen LogP contribution in [0.25, 0.3) is 0 Å². The molecule has 0 radical (unpaired) electrons. The summed E-state index contributed by atoms with van der Waals surface area (Å²) in [6.07, 6.45) is 5.55. The SMILES string of the molecule is CCCCn1c(=O)c(N)c(C2CC2)n1CCC. The summed E-state index contributed by atoms with van der Waals surface area (Å²) in [4.78, 5) is 12.1. The van der Waals surface area contributed by atoms with Gasteiger partial charge in [0.05, 0.1) is 5.69 Å². The summed E-state index contributed by atoms with van der Waals surface area (Å²) in [5, 5.41) is 0. The van der Waals surface area contributed by atoms with E-state index in [2.05, 4.69) is 18.5 Å². The number of hydrogen-bond acceptors (Lipinski definition) is 2. The van der Waals surface area contributed by atoms with Crippen LogP contribution in [0.3, 0.4) is 0 Å². The van der Waals surface area contributed by atoms with Crippen molar-refractivity contribution in [1.29, 1.82) is 0 Å². The monoisotopic (exact) mass is 237 g/mol. The van der Waals surface area contributed by atoms with Gasteiger partial charge in [-0.3, -0.25) is 9.48 Å². The van der Waals surface area contributed by atoms with Gasteiger partial charge in [0.15, 0.2) is 0 Å². The van der Waals surface area contributed by atoms with Crippen LogP contribution in [0.1, 0.15) is 57.6 Å². The van der Waals surface area contributed by atoms with E-state index in [1.807, 2.05) is 4.68 Å². The average molecular weight is 237 g/mol. The molecule has 0 aromatic carbocycles. The van der Waals surface area contributed by atoms with Crippen LogP contribution in [-0.4, -0.2) is 9.36 Å². The van der Waals surface area contributed by atoms with E-state index in [1.165, 1.54) is 12.8 Å². The van der Waals surface area contributed by atoms with Crippen molar-refractivity contribution in [1.82, 2.24) is 9.36 Å². The molecule has 1 aromatic heterocycles. The van der Waals surface area contributed by atoms with E-state index in [0.717, 1.165) is 38.0 Å². The standard InChI is InChI=1S/C13H23N3O/c1-3-5-9-16-13(17)11(14)12(10-6-7-10)15(16)8-4-2/h10H,3-9,14H2,1-2H3. The third-order valence-electron chi connectivity index (χ3n) is 3.43. The minimum absolute atomic E-state index is 0.0220. The van der Waals surface area contributed by atoms with Gasteiger partial charge in [0.2, 0.25) is 0 Å². The minimum atomic E-state index is 0.0220. The summed E-state index contributed by atoms with van der Waals surface area (Å²) < 4.78 is 4.00. The molecule has 0 unspecified atom stereocenters. The molecule has 4 heteroatoms. The number of aromatic nitrogens is 2. The molecule has 17 heavy (non-hydrogen) atoms. The van der Waals surface area contributed by atoms with Gasteiger partial charge in [-0.2, -0.15) is 0 Å². The highest BCUT2D eigenvalue weighted by atomic mass is 16.1. The summed E-state index contributed by atoms with van der Waals surface area (Å²) in [6, 6.07) is 0. The van der Waals surface area contributed by atoms with Crippen molar-refractivity contribution < 1.29 is 0 Å². The average Bonchev–Trinajstić information content (AvgIpc) is 3.10. The molecule has 2 N–H and O–H groups in total. The Morgan fingerprint density at radius 2 is 1.88 bits per heavy atom. The van der Waals surface area contributed by atoms with Crippen molar-refractivity contribution in [2.45, 2.75) is 65.0 Å². The predicted octanol–water partition coefficient (Wildman–Crippen LogP) is 2.32. The number of anilines is 1. The van der Waals surface area contributed by atoms with Crippen LogP contribution in [0.15, 0.2) is 4.79 Å². The van der Waals surface area contributed by atoms with Gasteiger partial charge in [-0.05, 0) is 25.7 Å². The molecule has 1 aromatic rings. The van der Waals surface area contributed by atoms with Crippen LogP contribution in [0.2, 0.25) is 0 Å². The zero-order chi connectivity index (χ0) is 12.4. The maximum atomic E-state index is 12.1. The quantitative estimate of drug-likeness (QED) is 0.825. The summed E-state index contributed by atoms with van der Waals surface area (Å²) in [5.74, 6) is 0.539. The number of nitrogen functional groups attached to an aromatic ring is 1. The number of unbranched alkanes of at least 4 members (excludes halogenated alkanes) is 1. The molecule has 0 aliphatic heterocycles. The van der Waals surface area contributed by atoms with Gasteiger partial charge < -0.3 is 5.73 Å².